The molecule has 7 heteroatoms. The molecule has 0 aliphatic carbocycles. The van der Waals surface area contributed by atoms with Gasteiger partial charge in [-0.2, -0.15) is 5.10 Å². The SMILES string of the molecule is Cc1ccccc1CN(C)C(=O)Cn1ncc(Cl)c(Cl)c1=O. The van der Waals surface area contributed by atoms with Crippen molar-refractivity contribution < 1.29 is 4.79 Å². The molecule has 0 aliphatic heterocycles. The lowest BCUT2D eigenvalue weighted by Gasteiger charge is -2.18. The van der Waals surface area contributed by atoms with Gasteiger partial charge in [-0.05, 0) is 18.1 Å². The third kappa shape index (κ3) is 3.67. The zero-order valence-electron chi connectivity index (χ0n) is 12.2. The minimum Gasteiger partial charge on any atom is -0.340 e. The zero-order chi connectivity index (χ0) is 16.3. The molecule has 116 valence electrons. The van der Waals surface area contributed by atoms with Gasteiger partial charge in [0.1, 0.15) is 11.6 Å². The number of halogens is 2. The minimum atomic E-state index is -0.577. The topological polar surface area (TPSA) is 55.2 Å². The molecule has 0 bridgehead atoms. The van der Waals surface area contributed by atoms with Crippen LogP contribution in [0, 0.1) is 6.92 Å². The van der Waals surface area contributed by atoms with E-state index >= 15 is 0 Å². The normalized spacial score (nSPS) is 10.5. The number of likely N-dealkylation sites (N-methyl/N-ethyl adjacent to an activating group) is 1. The Balaban J connectivity index is 2.11. The van der Waals surface area contributed by atoms with Crippen LogP contribution in [0.4, 0.5) is 0 Å². The zero-order valence-corrected chi connectivity index (χ0v) is 13.7. The molecular formula is C15H15Cl2N3O2. The Bertz CT molecular complexity index is 759. The van der Waals surface area contributed by atoms with E-state index in [4.69, 9.17) is 23.2 Å². The van der Waals surface area contributed by atoms with E-state index in [0.717, 1.165) is 15.8 Å². The molecule has 1 aromatic carbocycles. The lowest BCUT2D eigenvalue weighted by molar-refractivity contribution is -0.131. The van der Waals surface area contributed by atoms with Gasteiger partial charge in [0.2, 0.25) is 5.91 Å². The monoisotopic (exact) mass is 339 g/mol. The fourth-order valence-corrected chi connectivity index (χ4v) is 2.21. The minimum absolute atomic E-state index is 0.0728. The van der Waals surface area contributed by atoms with Crippen LogP contribution in [0.1, 0.15) is 11.1 Å². The molecule has 2 rings (SSSR count). The van der Waals surface area contributed by atoms with Crippen molar-refractivity contribution in [1.82, 2.24) is 14.7 Å². The summed E-state index contributed by atoms with van der Waals surface area (Å²) in [7, 11) is 1.68. The van der Waals surface area contributed by atoms with Crippen LogP contribution in [0.3, 0.4) is 0 Å². The van der Waals surface area contributed by atoms with Crippen LogP contribution in [0.5, 0.6) is 0 Å². The molecular weight excluding hydrogens is 325 g/mol. The molecule has 0 radical (unpaired) electrons. The summed E-state index contributed by atoms with van der Waals surface area (Å²) in [6.07, 6.45) is 1.25. The summed E-state index contributed by atoms with van der Waals surface area (Å²) in [5.41, 5.74) is 1.58. The average Bonchev–Trinajstić information content (AvgIpc) is 2.50. The van der Waals surface area contributed by atoms with Gasteiger partial charge in [0.15, 0.2) is 0 Å². The van der Waals surface area contributed by atoms with Crippen LogP contribution in [0.2, 0.25) is 10.0 Å². The molecule has 22 heavy (non-hydrogen) atoms. The van der Waals surface area contributed by atoms with E-state index in [2.05, 4.69) is 5.10 Å². The fraction of sp³-hybridized carbons (Fsp3) is 0.267. The number of benzene rings is 1. The van der Waals surface area contributed by atoms with E-state index in [1.54, 1.807) is 11.9 Å². The summed E-state index contributed by atoms with van der Waals surface area (Å²) < 4.78 is 1.00. The maximum Gasteiger partial charge on any atom is 0.287 e. The van der Waals surface area contributed by atoms with Gasteiger partial charge in [0, 0.05) is 13.6 Å². The van der Waals surface area contributed by atoms with Crippen molar-refractivity contribution in [1.29, 1.82) is 0 Å². The Labute approximate surface area is 138 Å². The molecule has 0 saturated heterocycles. The van der Waals surface area contributed by atoms with Crippen LogP contribution < -0.4 is 5.56 Å². The lowest BCUT2D eigenvalue weighted by Crippen LogP contribution is -2.35. The van der Waals surface area contributed by atoms with E-state index in [-0.39, 0.29) is 22.5 Å². The largest absolute Gasteiger partial charge is 0.340 e. The molecule has 0 fully saturated rings. The third-order valence-corrected chi connectivity index (χ3v) is 4.07. The van der Waals surface area contributed by atoms with Crippen LogP contribution in [0.25, 0.3) is 0 Å². The summed E-state index contributed by atoms with van der Waals surface area (Å²) in [5.74, 6) is -0.240. The highest BCUT2D eigenvalue weighted by molar-refractivity contribution is 6.41. The van der Waals surface area contributed by atoms with Gasteiger partial charge >= 0.3 is 0 Å². The first-order valence-corrected chi connectivity index (χ1v) is 7.35. The number of amides is 1. The quantitative estimate of drug-likeness (QED) is 0.859. The van der Waals surface area contributed by atoms with Gasteiger partial charge in [-0.25, -0.2) is 4.68 Å². The van der Waals surface area contributed by atoms with Crippen molar-refractivity contribution in [3.8, 4) is 0 Å². The smallest absolute Gasteiger partial charge is 0.287 e. The summed E-state index contributed by atoms with van der Waals surface area (Å²) in [6, 6.07) is 7.81. The van der Waals surface area contributed by atoms with Crippen LogP contribution in [-0.4, -0.2) is 27.6 Å². The molecule has 0 N–H and O–H groups in total. The van der Waals surface area contributed by atoms with Crippen molar-refractivity contribution in [2.75, 3.05) is 7.05 Å². The summed E-state index contributed by atoms with van der Waals surface area (Å²) >= 11 is 11.5. The predicted molar refractivity (Wildman–Crippen MR) is 86.2 cm³/mol. The van der Waals surface area contributed by atoms with Crippen LogP contribution in [-0.2, 0) is 17.9 Å². The molecule has 0 aliphatic rings. The maximum absolute atomic E-state index is 12.2. The molecule has 0 unspecified atom stereocenters. The van der Waals surface area contributed by atoms with Gasteiger partial charge in [-0.15, -0.1) is 0 Å². The maximum atomic E-state index is 12.2. The molecule has 1 amide bonds. The first-order valence-electron chi connectivity index (χ1n) is 6.59. The Morgan fingerprint density at radius 1 is 1.32 bits per heavy atom. The second kappa shape index (κ2) is 6.94. The predicted octanol–water partition coefficient (Wildman–Crippen LogP) is 2.52. The number of carbonyl (C=O) groups excluding carboxylic acids is 1. The van der Waals surface area contributed by atoms with Gasteiger partial charge in [0.05, 0.1) is 11.2 Å². The average molecular weight is 340 g/mol. The van der Waals surface area contributed by atoms with E-state index < -0.39 is 5.56 Å². The van der Waals surface area contributed by atoms with E-state index in [1.165, 1.54) is 6.20 Å². The van der Waals surface area contributed by atoms with Crippen molar-refractivity contribution in [3.05, 3.63) is 62.0 Å². The molecule has 1 aromatic heterocycles. The molecule has 0 spiro atoms. The van der Waals surface area contributed by atoms with Crippen molar-refractivity contribution in [2.24, 2.45) is 0 Å². The van der Waals surface area contributed by atoms with Crippen LogP contribution in [0.15, 0.2) is 35.3 Å². The van der Waals surface area contributed by atoms with Gasteiger partial charge in [-0.1, -0.05) is 47.5 Å². The Kier molecular flexibility index (Phi) is 5.21. The Morgan fingerprint density at radius 2 is 2.00 bits per heavy atom. The van der Waals surface area contributed by atoms with Gasteiger partial charge in [0.25, 0.3) is 5.56 Å². The Hall–Kier alpha value is -1.85. The third-order valence-electron chi connectivity index (χ3n) is 3.32. The number of carbonyl (C=O) groups is 1. The molecule has 0 atom stereocenters. The van der Waals surface area contributed by atoms with Crippen molar-refractivity contribution in [2.45, 2.75) is 20.0 Å². The van der Waals surface area contributed by atoms with Gasteiger partial charge in [-0.3, -0.25) is 9.59 Å². The number of hydrogen-bond donors (Lipinski definition) is 0. The number of aryl methyl sites for hydroxylation is 1. The second-order valence-corrected chi connectivity index (χ2v) is 5.73. The fourth-order valence-electron chi connectivity index (χ4n) is 1.94. The van der Waals surface area contributed by atoms with Gasteiger partial charge < -0.3 is 4.90 Å². The summed E-state index contributed by atoms with van der Waals surface area (Å²) in [5, 5.41) is 3.77. The second-order valence-electron chi connectivity index (χ2n) is 4.95. The molecule has 1 heterocycles. The molecule has 0 saturated carbocycles. The first-order chi connectivity index (χ1) is 10.4. The molecule has 5 nitrogen and oxygen atoms in total. The van der Waals surface area contributed by atoms with E-state index in [1.807, 2.05) is 31.2 Å². The highest BCUT2D eigenvalue weighted by atomic mass is 35.5. The summed E-state index contributed by atoms with van der Waals surface area (Å²) in [4.78, 5) is 25.6. The highest BCUT2D eigenvalue weighted by Gasteiger charge is 2.14. The van der Waals surface area contributed by atoms with Crippen LogP contribution >= 0.6 is 23.2 Å². The van der Waals surface area contributed by atoms with E-state index in [9.17, 15) is 9.59 Å². The number of nitrogens with zero attached hydrogens (tertiary/aromatic N) is 3. The first kappa shape index (κ1) is 16.5. The van der Waals surface area contributed by atoms with E-state index in [0.29, 0.717) is 6.54 Å². The standard InChI is InChI=1S/C15H15Cl2N3O2/c1-10-5-3-4-6-11(10)8-19(2)13(21)9-20-15(22)14(17)12(16)7-18-20/h3-7H,8-9H2,1-2H3. The van der Waals surface area contributed by atoms with Crippen molar-refractivity contribution in [3.63, 3.8) is 0 Å². The van der Waals surface area contributed by atoms with Crippen molar-refractivity contribution >= 4 is 29.1 Å². The lowest BCUT2D eigenvalue weighted by atomic mass is 10.1. The molecule has 2 aromatic rings. The number of hydrogen-bond acceptors (Lipinski definition) is 3. The number of aromatic nitrogens is 2. The number of rotatable bonds is 4. The highest BCUT2D eigenvalue weighted by Crippen LogP contribution is 2.14. The Morgan fingerprint density at radius 3 is 2.68 bits per heavy atom. The summed E-state index contributed by atoms with van der Waals surface area (Å²) in [6.45, 7) is 2.26.